The molecule has 0 amide bonds. The van der Waals surface area contributed by atoms with E-state index >= 15 is 0 Å². The molecule has 1 atom stereocenters. The van der Waals surface area contributed by atoms with Crippen molar-refractivity contribution < 1.29 is 4.74 Å². The number of ether oxygens (including phenoxy) is 1. The summed E-state index contributed by atoms with van der Waals surface area (Å²) in [4.78, 5) is 4.20. The number of aromatic nitrogens is 1. The lowest BCUT2D eigenvalue weighted by Gasteiger charge is -2.15. The lowest BCUT2D eigenvalue weighted by Crippen LogP contribution is -2.42. The summed E-state index contributed by atoms with van der Waals surface area (Å²) in [6, 6.07) is 4.06. The van der Waals surface area contributed by atoms with Crippen molar-refractivity contribution >= 4 is 29.9 Å². The molecule has 1 aromatic heterocycles. The third kappa shape index (κ3) is 5.82. The van der Waals surface area contributed by atoms with Gasteiger partial charge in [-0.15, -0.1) is 24.0 Å². The van der Waals surface area contributed by atoms with E-state index in [9.17, 15) is 0 Å². The van der Waals surface area contributed by atoms with E-state index in [1.807, 2.05) is 12.1 Å². The monoisotopic (exact) mass is 378 g/mol. The van der Waals surface area contributed by atoms with Crippen LogP contribution in [-0.2, 0) is 11.3 Å². The maximum atomic E-state index is 5.56. The fraction of sp³-hybridized carbons (Fsp3) is 0.615. The number of halogens is 1. The molecule has 0 saturated carbocycles. The molecular formula is C13H23IN4O. The summed E-state index contributed by atoms with van der Waals surface area (Å²) < 4.78 is 7.70. The van der Waals surface area contributed by atoms with Crippen LogP contribution >= 0.6 is 24.0 Å². The number of hydrogen-bond acceptors (Lipinski definition) is 2. The zero-order chi connectivity index (χ0) is 12.6. The van der Waals surface area contributed by atoms with E-state index in [4.69, 9.17) is 4.74 Å². The van der Waals surface area contributed by atoms with Crippen LogP contribution in [0, 0.1) is 0 Å². The highest BCUT2D eigenvalue weighted by atomic mass is 127. The third-order valence-electron chi connectivity index (χ3n) is 3.07. The zero-order valence-electron chi connectivity index (χ0n) is 11.3. The Bertz CT molecular complexity index is 361. The van der Waals surface area contributed by atoms with Crippen molar-refractivity contribution in [3.05, 3.63) is 24.5 Å². The maximum Gasteiger partial charge on any atom is 0.191 e. The van der Waals surface area contributed by atoms with Crippen LogP contribution in [0.3, 0.4) is 0 Å². The van der Waals surface area contributed by atoms with Gasteiger partial charge < -0.3 is 19.9 Å². The SMILES string of the molecule is CN=C(NCCn1cccc1)NCC1CCCO1.I. The number of guanidine groups is 1. The Morgan fingerprint density at radius 1 is 1.37 bits per heavy atom. The number of rotatable bonds is 5. The number of aliphatic imine (C=N–C) groups is 1. The molecule has 108 valence electrons. The van der Waals surface area contributed by atoms with Gasteiger partial charge in [-0.2, -0.15) is 0 Å². The van der Waals surface area contributed by atoms with Gasteiger partial charge in [0.1, 0.15) is 0 Å². The topological polar surface area (TPSA) is 50.6 Å². The second-order valence-electron chi connectivity index (χ2n) is 4.44. The number of hydrogen-bond donors (Lipinski definition) is 2. The Labute approximate surface area is 131 Å². The minimum absolute atomic E-state index is 0. The minimum atomic E-state index is 0. The van der Waals surface area contributed by atoms with Crippen LogP contribution in [0.4, 0.5) is 0 Å². The highest BCUT2D eigenvalue weighted by Crippen LogP contribution is 2.10. The molecule has 0 bridgehead atoms. The average Bonchev–Trinajstić information content (AvgIpc) is 3.06. The third-order valence-corrected chi connectivity index (χ3v) is 3.07. The molecule has 0 radical (unpaired) electrons. The lowest BCUT2D eigenvalue weighted by atomic mass is 10.2. The van der Waals surface area contributed by atoms with Gasteiger partial charge in [-0.1, -0.05) is 0 Å². The van der Waals surface area contributed by atoms with Gasteiger partial charge in [-0.05, 0) is 25.0 Å². The highest BCUT2D eigenvalue weighted by Gasteiger charge is 2.15. The first-order valence-electron chi connectivity index (χ1n) is 6.55. The number of nitrogens with one attached hydrogen (secondary N) is 2. The molecular weight excluding hydrogens is 355 g/mol. The van der Waals surface area contributed by atoms with Crippen molar-refractivity contribution in [2.75, 3.05) is 26.7 Å². The largest absolute Gasteiger partial charge is 0.376 e. The Hall–Kier alpha value is -0.760. The summed E-state index contributed by atoms with van der Waals surface area (Å²) >= 11 is 0. The Morgan fingerprint density at radius 2 is 2.16 bits per heavy atom. The molecule has 19 heavy (non-hydrogen) atoms. The molecule has 0 aromatic carbocycles. The van der Waals surface area contributed by atoms with Crippen LogP contribution in [-0.4, -0.2) is 43.4 Å². The Balaban J connectivity index is 0.00000180. The summed E-state index contributed by atoms with van der Waals surface area (Å²) in [5, 5.41) is 6.59. The molecule has 2 heterocycles. The van der Waals surface area contributed by atoms with E-state index < -0.39 is 0 Å². The van der Waals surface area contributed by atoms with Crippen LogP contribution in [0.15, 0.2) is 29.5 Å². The second-order valence-corrected chi connectivity index (χ2v) is 4.44. The van der Waals surface area contributed by atoms with Gasteiger partial charge in [-0.25, -0.2) is 0 Å². The fourth-order valence-electron chi connectivity index (χ4n) is 2.06. The van der Waals surface area contributed by atoms with Crippen LogP contribution in [0.2, 0.25) is 0 Å². The van der Waals surface area contributed by atoms with E-state index in [0.717, 1.165) is 38.6 Å². The lowest BCUT2D eigenvalue weighted by molar-refractivity contribution is 0.114. The molecule has 1 unspecified atom stereocenters. The van der Waals surface area contributed by atoms with Crippen molar-refractivity contribution in [1.82, 2.24) is 15.2 Å². The van der Waals surface area contributed by atoms with Crippen molar-refractivity contribution in [3.8, 4) is 0 Å². The summed E-state index contributed by atoms with van der Waals surface area (Å²) in [5.74, 6) is 0.845. The van der Waals surface area contributed by atoms with E-state index in [0.29, 0.717) is 6.10 Å². The van der Waals surface area contributed by atoms with Crippen molar-refractivity contribution in [1.29, 1.82) is 0 Å². The van der Waals surface area contributed by atoms with Gasteiger partial charge in [0.15, 0.2) is 5.96 Å². The molecule has 1 aromatic rings. The predicted molar refractivity (Wildman–Crippen MR) is 88.2 cm³/mol. The van der Waals surface area contributed by atoms with Crippen molar-refractivity contribution in [2.24, 2.45) is 4.99 Å². The first-order valence-corrected chi connectivity index (χ1v) is 6.55. The highest BCUT2D eigenvalue weighted by molar-refractivity contribution is 14.0. The summed E-state index contributed by atoms with van der Waals surface area (Å²) in [6.45, 7) is 3.53. The smallest absolute Gasteiger partial charge is 0.191 e. The van der Waals surface area contributed by atoms with E-state index in [1.165, 1.54) is 6.42 Å². The van der Waals surface area contributed by atoms with E-state index in [2.05, 4.69) is 32.6 Å². The molecule has 1 fully saturated rings. The summed E-state index contributed by atoms with van der Waals surface area (Å²) in [7, 11) is 1.79. The quantitative estimate of drug-likeness (QED) is 0.463. The second kappa shape index (κ2) is 9.19. The first-order chi connectivity index (χ1) is 8.88. The van der Waals surface area contributed by atoms with Crippen LogP contribution in [0.1, 0.15) is 12.8 Å². The van der Waals surface area contributed by atoms with Gasteiger partial charge in [0.25, 0.3) is 0 Å². The molecule has 1 saturated heterocycles. The zero-order valence-corrected chi connectivity index (χ0v) is 13.7. The van der Waals surface area contributed by atoms with E-state index in [1.54, 1.807) is 7.05 Å². The summed E-state index contributed by atoms with van der Waals surface area (Å²) in [5.41, 5.74) is 0. The Morgan fingerprint density at radius 3 is 2.79 bits per heavy atom. The van der Waals surface area contributed by atoms with Crippen molar-refractivity contribution in [3.63, 3.8) is 0 Å². The van der Waals surface area contributed by atoms with Crippen LogP contribution in [0.5, 0.6) is 0 Å². The first kappa shape index (κ1) is 16.3. The molecule has 1 aliphatic heterocycles. The molecule has 0 spiro atoms. The normalized spacial score (nSPS) is 19.0. The molecule has 0 aliphatic carbocycles. The van der Waals surface area contributed by atoms with Gasteiger partial charge >= 0.3 is 0 Å². The average molecular weight is 378 g/mol. The maximum absolute atomic E-state index is 5.56. The minimum Gasteiger partial charge on any atom is -0.376 e. The van der Waals surface area contributed by atoms with Gasteiger partial charge in [0.05, 0.1) is 6.10 Å². The predicted octanol–water partition coefficient (Wildman–Crippen LogP) is 1.45. The molecule has 2 N–H and O–H groups in total. The molecule has 1 aliphatic rings. The number of nitrogens with zero attached hydrogens (tertiary/aromatic N) is 2. The van der Waals surface area contributed by atoms with E-state index in [-0.39, 0.29) is 24.0 Å². The van der Waals surface area contributed by atoms with Crippen LogP contribution < -0.4 is 10.6 Å². The van der Waals surface area contributed by atoms with Crippen LogP contribution in [0.25, 0.3) is 0 Å². The fourth-order valence-corrected chi connectivity index (χ4v) is 2.06. The van der Waals surface area contributed by atoms with Gasteiger partial charge in [0.2, 0.25) is 0 Å². The molecule has 5 nitrogen and oxygen atoms in total. The Kier molecular flexibility index (Phi) is 7.88. The van der Waals surface area contributed by atoms with Gasteiger partial charge in [0, 0.05) is 45.7 Å². The van der Waals surface area contributed by atoms with Gasteiger partial charge in [-0.3, -0.25) is 4.99 Å². The molecule has 6 heteroatoms. The molecule has 2 rings (SSSR count). The standard InChI is InChI=1S/C13H22N4O.HI/c1-14-13(16-11-12-5-4-10-18-12)15-6-9-17-7-2-3-8-17;/h2-3,7-8,12H,4-6,9-11H2,1H3,(H2,14,15,16);1H. The van der Waals surface area contributed by atoms with Crippen molar-refractivity contribution in [2.45, 2.75) is 25.5 Å². The summed E-state index contributed by atoms with van der Waals surface area (Å²) in [6.07, 6.45) is 6.78.